The van der Waals surface area contributed by atoms with Gasteiger partial charge in [0.15, 0.2) is 0 Å². The Kier molecular flexibility index (Phi) is 4.44. The predicted molar refractivity (Wildman–Crippen MR) is 77.6 cm³/mol. The average Bonchev–Trinajstić information content (AvgIpc) is 3.04. The van der Waals surface area contributed by atoms with E-state index >= 15 is 0 Å². The van der Waals surface area contributed by atoms with Gasteiger partial charge >= 0.3 is 0 Å². The van der Waals surface area contributed by atoms with E-state index in [4.69, 9.17) is 10.5 Å². The Morgan fingerprint density at radius 1 is 1.25 bits per heavy atom. The first-order chi connectivity index (χ1) is 9.88. The fourth-order valence-electron chi connectivity index (χ4n) is 3.20. The van der Waals surface area contributed by atoms with Crippen LogP contribution in [-0.4, -0.2) is 66.8 Å². The van der Waals surface area contributed by atoms with Gasteiger partial charge in [0.2, 0.25) is 5.95 Å². The van der Waals surface area contributed by atoms with E-state index in [0.29, 0.717) is 12.0 Å². The summed E-state index contributed by atoms with van der Waals surface area (Å²) in [6.45, 7) is 6.45. The first-order valence-corrected chi connectivity index (χ1v) is 7.42. The molecule has 6 heteroatoms. The van der Waals surface area contributed by atoms with Gasteiger partial charge in [-0.2, -0.15) is 0 Å². The second kappa shape index (κ2) is 6.47. The molecule has 6 nitrogen and oxygen atoms in total. The maximum Gasteiger partial charge on any atom is 0.225 e. The number of anilines is 1. The van der Waals surface area contributed by atoms with Crippen molar-refractivity contribution in [2.24, 2.45) is 11.7 Å². The minimum Gasteiger partial charge on any atom is -0.381 e. The number of aromatic nitrogens is 2. The van der Waals surface area contributed by atoms with Crippen molar-refractivity contribution in [3.05, 3.63) is 18.5 Å². The van der Waals surface area contributed by atoms with Crippen LogP contribution in [0.3, 0.4) is 0 Å². The van der Waals surface area contributed by atoms with Crippen molar-refractivity contribution >= 4 is 5.95 Å². The monoisotopic (exact) mass is 277 g/mol. The van der Waals surface area contributed by atoms with E-state index in [1.807, 2.05) is 6.07 Å². The molecular formula is C14H23N5O. The number of rotatable bonds is 4. The van der Waals surface area contributed by atoms with Crippen molar-refractivity contribution in [3.63, 3.8) is 0 Å². The first-order valence-electron chi connectivity index (χ1n) is 7.42. The van der Waals surface area contributed by atoms with Crippen molar-refractivity contribution in [3.8, 4) is 0 Å². The molecule has 2 aliphatic rings. The molecule has 20 heavy (non-hydrogen) atoms. The fourth-order valence-corrected chi connectivity index (χ4v) is 3.20. The van der Waals surface area contributed by atoms with Crippen LogP contribution in [0.4, 0.5) is 5.95 Å². The summed E-state index contributed by atoms with van der Waals surface area (Å²) in [5, 5.41) is 0. The molecule has 0 spiro atoms. The average molecular weight is 277 g/mol. The van der Waals surface area contributed by atoms with Crippen LogP contribution in [0.5, 0.6) is 0 Å². The summed E-state index contributed by atoms with van der Waals surface area (Å²) in [7, 11) is 0. The number of piperazine rings is 1. The molecule has 2 saturated heterocycles. The number of hydrogen-bond donors (Lipinski definition) is 1. The van der Waals surface area contributed by atoms with Gasteiger partial charge in [-0.3, -0.25) is 4.90 Å². The van der Waals surface area contributed by atoms with E-state index in [9.17, 15) is 0 Å². The zero-order chi connectivity index (χ0) is 13.8. The van der Waals surface area contributed by atoms with E-state index in [1.165, 1.54) is 0 Å². The highest BCUT2D eigenvalue weighted by Gasteiger charge is 2.31. The SMILES string of the molecule is NCC(C1CCOC1)N1CCN(c2ncccn2)CC1. The molecule has 0 aliphatic carbocycles. The van der Waals surface area contributed by atoms with Crippen LogP contribution in [-0.2, 0) is 4.74 Å². The van der Waals surface area contributed by atoms with Gasteiger partial charge < -0.3 is 15.4 Å². The lowest BCUT2D eigenvalue weighted by Crippen LogP contribution is -2.55. The van der Waals surface area contributed by atoms with E-state index in [2.05, 4.69) is 19.8 Å². The molecule has 0 saturated carbocycles. The third-order valence-electron chi connectivity index (χ3n) is 4.37. The molecule has 3 heterocycles. The normalized spacial score (nSPS) is 25.9. The maximum atomic E-state index is 5.99. The van der Waals surface area contributed by atoms with Crippen LogP contribution in [0, 0.1) is 5.92 Å². The zero-order valence-corrected chi connectivity index (χ0v) is 11.8. The Bertz CT molecular complexity index is 401. The predicted octanol–water partition coefficient (Wildman–Crippen LogP) is -0.0376. The number of ether oxygens (including phenoxy) is 1. The first kappa shape index (κ1) is 13.7. The Balaban J connectivity index is 1.57. The van der Waals surface area contributed by atoms with Gasteiger partial charge in [0.25, 0.3) is 0 Å². The molecule has 2 atom stereocenters. The van der Waals surface area contributed by atoms with Crippen LogP contribution < -0.4 is 10.6 Å². The lowest BCUT2D eigenvalue weighted by atomic mass is 9.97. The second-order valence-corrected chi connectivity index (χ2v) is 5.50. The summed E-state index contributed by atoms with van der Waals surface area (Å²) < 4.78 is 5.51. The number of nitrogens with two attached hydrogens (primary N) is 1. The summed E-state index contributed by atoms with van der Waals surface area (Å²) in [5.74, 6) is 1.43. The van der Waals surface area contributed by atoms with Gasteiger partial charge in [-0.05, 0) is 12.5 Å². The summed E-state index contributed by atoms with van der Waals surface area (Å²) in [6.07, 6.45) is 4.74. The molecule has 0 aromatic carbocycles. The highest BCUT2D eigenvalue weighted by atomic mass is 16.5. The summed E-state index contributed by atoms with van der Waals surface area (Å²) >= 11 is 0. The van der Waals surface area contributed by atoms with Gasteiger partial charge in [-0.15, -0.1) is 0 Å². The Labute approximate surface area is 119 Å². The standard InChI is InChI=1S/C14H23N5O/c15-10-13(12-2-9-20-11-12)18-5-7-19(8-6-18)14-16-3-1-4-17-14/h1,3-4,12-13H,2,5-11,15H2. The minimum atomic E-state index is 0.455. The molecule has 2 unspecified atom stereocenters. The quantitative estimate of drug-likeness (QED) is 0.833. The molecule has 2 aliphatic heterocycles. The molecule has 0 radical (unpaired) electrons. The van der Waals surface area contributed by atoms with Crippen LogP contribution in [0.15, 0.2) is 18.5 Å². The third-order valence-corrected chi connectivity index (χ3v) is 4.37. The van der Waals surface area contributed by atoms with Crippen molar-refractivity contribution in [2.45, 2.75) is 12.5 Å². The Hall–Kier alpha value is -1.24. The summed E-state index contributed by atoms with van der Waals surface area (Å²) in [5.41, 5.74) is 5.99. The van der Waals surface area contributed by atoms with Crippen LogP contribution in [0.1, 0.15) is 6.42 Å². The van der Waals surface area contributed by atoms with Crippen molar-refractivity contribution in [1.82, 2.24) is 14.9 Å². The highest BCUT2D eigenvalue weighted by molar-refractivity contribution is 5.29. The molecule has 0 amide bonds. The molecule has 3 rings (SSSR count). The van der Waals surface area contributed by atoms with E-state index < -0.39 is 0 Å². The minimum absolute atomic E-state index is 0.455. The molecule has 0 bridgehead atoms. The van der Waals surface area contributed by atoms with Crippen molar-refractivity contribution < 1.29 is 4.74 Å². The molecule has 1 aromatic rings. The maximum absolute atomic E-state index is 5.99. The molecule has 2 N–H and O–H groups in total. The lowest BCUT2D eigenvalue weighted by molar-refractivity contribution is 0.116. The van der Waals surface area contributed by atoms with E-state index in [-0.39, 0.29) is 0 Å². The van der Waals surface area contributed by atoms with Gasteiger partial charge in [0.05, 0.1) is 6.61 Å². The third kappa shape index (κ3) is 2.92. The molecular weight excluding hydrogens is 254 g/mol. The Morgan fingerprint density at radius 2 is 2.00 bits per heavy atom. The lowest BCUT2D eigenvalue weighted by Gasteiger charge is -2.40. The molecule has 2 fully saturated rings. The highest BCUT2D eigenvalue weighted by Crippen LogP contribution is 2.22. The van der Waals surface area contributed by atoms with E-state index in [0.717, 1.165) is 58.3 Å². The van der Waals surface area contributed by atoms with E-state index in [1.54, 1.807) is 12.4 Å². The Morgan fingerprint density at radius 3 is 2.60 bits per heavy atom. The molecule has 110 valence electrons. The van der Waals surface area contributed by atoms with Crippen molar-refractivity contribution in [2.75, 3.05) is 50.8 Å². The summed E-state index contributed by atoms with van der Waals surface area (Å²) in [6, 6.07) is 2.31. The van der Waals surface area contributed by atoms with Gasteiger partial charge in [-0.25, -0.2) is 9.97 Å². The summed E-state index contributed by atoms with van der Waals surface area (Å²) in [4.78, 5) is 13.4. The van der Waals surface area contributed by atoms with Gasteiger partial charge in [0, 0.05) is 63.7 Å². The second-order valence-electron chi connectivity index (χ2n) is 5.50. The van der Waals surface area contributed by atoms with Gasteiger partial charge in [0.1, 0.15) is 0 Å². The van der Waals surface area contributed by atoms with Crippen molar-refractivity contribution in [1.29, 1.82) is 0 Å². The topological polar surface area (TPSA) is 67.5 Å². The largest absolute Gasteiger partial charge is 0.381 e. The molecule has 1 aromatic heterocycles. The smallest absolute Gasteiger partial charge is 0.225 e. The number of nitrogens with zero attached hydrogens (tertiary/aromatic N) is 4. The fraction of sp³-hybridized carbons (Fsp3) is 0.714. The zero-order valence-electron chi connectivity index (χ0n) is 11.8. The van der Waals surface area contributed by atoms with Crippen LogP contribution >= 0.6 is 0 Å². The number of hydrogen-bond acceptors (Lipinski definition) is 6. The van der Waals surface area contributed by atoms with Crippen LogP contribution in [0.25, 0.3) is 0 Å². The van der Waals surface area contributed by atoms with Gasteiger partial charge in [-0.1, -0.05) is 0 Å². The van der Waals surface area contributed by atoms with Crippen LogP contribution in [0.2, 0.25) is 0 Å².